The molecule has 4 nitrogen and oxygen atoms in total. The van der Waals surface area contributed by atoms with Gasteiger partial charge in [-0.3, -0.25) is 4.79 Å². The molecule has 2 atom stereocenters. The molecule has 0 radical (unpaired) electrons. The van der Waals surface area contributed by atoms with Gasteiger partial charge in [0.25, 0.3) is 5.91 Å². The molecule has 1 aliphatic rings. The number of fused-ring (bicyclic) bond motifs is 1. The van der Waals surface area contributed by atoms with E-state index in [1.807, 2.05) is 18.2 Å². The molecule has 1 heterocycles. The summed E-state index contributed by atoms with van der Waals surface area (Å²) in [4.78, 5) is 12.7. The van der Waals surface area contributed by atoms with Gasteiger partial charge in [-0.1, -0.05) is 62.3 Å². The lowest BCUT2D eigenvalue weighted by atomic mass is 9.70. The number of benzene rings is 2. The Labute approximate surface area is 159 Å². The Morgan fingerprint density at radius 1 is 1.11 bits per heavy atom. The molecule has 0 saturated heterocycles. The zero-order valence-electron chi connectivity index (χ0n) is 16.2. The molecule has 1 fully saturated rings. The highest BCUT2D eigenvalue weighted by molar-refractivity contribution is 5.94. The number of nitrogens with zero attached hydrogens (tertiary/aromatic N) is 1. The van der Waals surface area contributed by atoms with E-state index >= 15 is 0 Å². The number of carbonyl (C=O) groups excluding carboxylic acids is 1. The van der Waals surface area contributed by atoms with Crippen molar-refractivity contribution in [3.8, 4) is 11.3 Å². The second-order valence-electron chi connectivity index (χ2n) is 8.72. The van der Waals surface area contributed by atoms with Gasteiger partial charge in [0.2, 0.25) is 0 Å². The highest BCUT2D eigenvalue weighted by atomic mass is 16.5. The Morgan fingerprint density at radius 3 is 2.67 bits per heavy atom. The lowest BCUT2D eigenvalue weighted by molar-refractivity contribution is 0.0865. The predicted molar refractivity (Wildman–Crippen MR) is 107 cm³/mol. The van der Waals surface area contributed by atoms with Crippen LogP contribution in [0.1, 0.15) is 50.5 Å². The lowest BCUT2D eigenvalue weighted by Crippen LogP contribution is -2.43. The maximum absolute atomic E-state index is 12.7. The molecule has 27 heavy (non-hydrogen) atoms. The average molecular weight is 362 g/mol. The summed E-state index contributed by atoms with van der Waals surface area (Å²) < 4.78 is 5.46. The molecular weight excluding hydrogens is 336 g/mol. The zero-order valence-corrected chi connectivity index (χ0v) is 16.2. The Kier molecular flexibility index (Phi) is 4.50. The van der Waals surface area contributed by atoms with E-state index in [0.29, 0.717) is 17.4 Å². The van der Waals surface area contributed by atoms with Crippen LogP contribution in [-0.4, -0.2) is 17.1 Å². The Bertz CT molecular complexity index is 973. The molecule has 1 aliphatic carbocycles. The van der Waals surface area contributed by atoms with E-state index in [1.54, 1.807) is 6.07 Å². The second kappa shape index (κ2) is 6.84. The molecule has 1 aromatic heterocycles. The summed E-state index contributed by atoms with van der Waals surface area (Å²) in [5.74, 6) is 1.08. The van der Waals surface area contributed by atoms with Crippen LogP contribution < -0.4 is 5.32 Å². The molecule has 0 bridgehead atoms. The van der Waals surface area contributed by atoms with Crippen molar-refractivity contribution in [1.29, 1.82) is 0 Å². The third-order valence-corrected chi connectivity index (χ3v) is 5.50. The predicted octanol–water partition coefficient (Wildman–Crippen LogP) is 5.44. The normalized spacial score (nSPS) is 21.9. The number of carbonyl (C=O) groups is 1. The average Bonchev–Trinajstić information content (AvgIpc) is 3.10. The summed E-state index contributed by atoms with van der Waals surface area (Å²) >= 11 is 0. The summed E-state index contributed by atoms with van der Waals surface area (Å²) in [6, 6.07) is 16.2. The zero-order chi connectivity index (χ0) is 19.0. The van der Waals surface area contributed by atoms with Crippen LogP contribution in [0.2, 0.25) is 0 Å². The number of amides is 1. The highest BCUT2D eigenvalue weighted by Gasteiger charge is 2.33. The van der Waals surface area contributed by atoms with Crippen LogP contribution in [0, 0.1) is 11.3 Å². The summed E-state index contributed by atoms with van der Waals surface area (Å²) in [5, 5.41) is 9.47. The minimum Gasteiger partial charge on any atom is -0.355 e. The van der Waals surface area contributed by atoms with Crippen molar-refractivity contribution >= 4 is 16.7 Å². The molecule has 0 aliphatic heterocycles. The molecular formula is C23H26N2O2. The number of rotatable bonds is 3. The maximum Gasteiger partial charge on any atom is 0.273 e. The van der Waals surface area contributed by atoms with Crippen LogP contribution in [-0.2, 0) is 0 Å². The van der Waals surface area contributed by atoms with Crippen LogP contribution in [0.4, 0.5) is 0 Å². The van der Waals surface area contributed by atoms with Crippen LogP contribution in [0.15, 0.2) is 53.1 Å². The second-order valence-corrected chi connectivity index (χ2v) is 8.72. The van der Waals surface area contributed by atoms with Crippen LogP contribution in [0.3, 0.4) is 0 Å². The number of hydrogen-bond acceptors (Lipinski definition) is 3. The maximum atomic E-state index is 12.7. The van der Waals surface area contributed by atoms with Crippen molar-refractivity contribution in [3.05, 3.63) is 54.2 Å². The Morgan fingerprint density at radius 2 is 1.89 bits per heavy atom. The van der Waals surface area contributed by atoms with E-state index in [4.69, 9.17) is 4.52 Å². The molecule has 1 saturated carbocycles. The first-order chi connectivity index (χ1) is 12.9. The molecule has 4 rings (SSSR count). The Hall–Kier alpha value is -2.62. The first-order valence-corrected chi connectivity index (χ1v) is 9.66. The van der Waals surface area contributed by atoms with Gasteiger partial charge < -0.3 is 9.84 Å². The SMILES string of the molecule is C[C@H]1C[C@@H](NC(=O)c2cc(-c3ccc4ccccc4c3)on2)CC(C)(C)C1. The van der Waals surface area contributed by atoms with Crippen LogP contribution in [0.5, 0.6) is 0 Å². The molecule has 1 N–H and O–H groups in total. The van der Waals surface area contributed by atoms with Crippen LogP contribution >= 0.6 is 0 Å². The van der Waals surface area contributed by atoms with Gasteiger partial charge in [0.05, 0.1) is 0 Å². The molecule has 2 aromatic carbocycles. The van der Waals surface area contributed by atoms with E-state index < -0.39 is 0 Å². The van der Waals surface area contributed by atoms with Crippen molar-refractivity contribution in [2.24, 2.45) is 11.3 Å². The molecule has 4 heteroatoms. The first kappa shape index (κ1) is 17.8. The minimum atomic E-state index is -0.152. The number of aromatic nitrogens is 1. The van der Waals surface area contributed by atoms with E-state index in [1.165, 1.54) is 11.8 Å². The summed E-state index contributed by atoms with van der Waals surface area (Å²) in [6.07, 6.45) is 3.22. The van der Waals surface area contributed by atoms with Crippen molar-refractivity contribution in [2.45, 2.75) is 46.1 Å². The molecule has 1 amide bonds. The topological polar surface area (TPSA) is 55.1 Å². The van der Waals surface area contributed by atoms with Crippen molar-refractivity contribution < 1.29 is 9.32 Å². The van der Waals surface area contributed by atoms with Gasteiger partial charge >= 0.3 is 0 Å². The highest BCUT2D eigenvalue weighted by Crippen LogP contribution is 2.38. The van der Waals surface area contributed by atoms with Gasteiger partial charge in [-0.2, -0.15) is 0 Å². The fraction of sp³-hybridized carbons (Fsp3) is 0.391. The van der Waals surface area contributed by atoms with Crippen molar-refractivity contribution in [2.75, 3.05) is 0 Å². The molecule has 0 unspecified atom stereocenters. The van der Waals surface area contributed by atoms with E-state index in [-0.39, 0.29) is 17.4 Å². The first-order valence-electron chi connectivity index (χ1n) is 9.66. The van der Waals surface area contributed by atoms with Crippen molar-refractivity contribution in [1.82, 2.24) is 10.5 Å². The lowest BCUT2D eigenvalue weighted by Gasteiger charge is -2.39. The number of hydrogen-bond donors (Lipinski definition) is 1. The van der Waals surface area contributed by atoms with Gasteiger partial charge in [-0.05, 0) is 47.4 Å². The summed E-state index contributed by atoms with van der Waals surface area (Å²) in [5.41, 5.74) is 1.53. The minimum absolute atomic E-state index is 0.152. The molecule has 3 aromatic rings. The third-order valence-electron chi connectivity index (χ3n) is 5.50. The summed E-state index contributed by atoms with van der Waals surface area (Å²) in [7, 11) is 0. The third kappa shape index (κ3) is 3.90. The van der Waals surface area contributed by atoms with Crippen molar-refractivity contribution in [3.63, 3.8) is 0 Å². The van der Waals surface area contributed by atoms with Crippen LogP contribution in [0.25, 0.3) is 22.1 Å². The van der Waals surface area contributed by atoms with E-state index in [2.05, 4.69) is 55.5 Å². The fourth-order valence-corrected chi connectivity index (χ4v) is 4.58. The van der Waals surface area contributed by atoms with Gasteiger partial charge in [-0.25, -0.2) is 0 Å². The van der Waals surface area contributed by atoms with E-state index in [0.717, 1.165) is 23.8 Å². The monoisotopic (exact) mass is 362 g/mol. The standard InChI is InChI=1S/C23H26N2O2/c1-15-10-19(14-23(2,3)13-15)24-22(26)20-12-21(27-25-20)18-9-8-16-6-4-5-7-17(16)11-18/h4-9,11-12,15,19H,10,13-14H2,1-3H3,(H,24,26)/t15-,19+/m0/s1. The smallest absolute Gasteiger partial charge is 0.273 e. The number of nitrogens with one attached hydrogen (secondary N) is 1. The van der Waals surface area contributed by atoms with Gasteiger partial charge in [-0.15, -0.1) is 0 Å². The van der Waals surface area contributed by atoms with Gasteiger partial charge in [0, 0.05) is 17.7 Å². The van der Waals surface area contributed by atoms with Gasteiger partial charge in [0.1, 0.15) is 0 Å². The van der Waals surface area contributed by atoms with E-state index in [9.17, 15) is 4.79 Å². The van der Waals surface area contributed by atoms with Gasteiger partial charge in [0.15, 0.2) is 11.5 Å². The Balaban J connectivity index is 1.50. The summed E-state index contributed by atoms with van der Waals surface area (Å²) in [6.45, 7) is 6.81. The molecule has 140 valence electrons. The largest absolute Gasteiger partial charge is 0.355 e. The quantitative estimate of drug-likeness (QED) is 0.675. The molecule has 0 spiro atoms. The fourth-order valence-electron chi connectivity index (χ4n) is 4.58.